The van der Waals surface area contributed by atoms with Gasteiger partial charge in [0.1, 0.15) is 11.8 Å². The molecule has 0 aromatic heterocycles. The molecule has 0 spiro atoms. The van der Waals surface area contributed by atoms with Crippen LogP contribution in [0.3, 0.4) is 0 Å². The molecular weight excluding hydrogens is 230 g/mol. The van der Waals surface area contributed by atoms with Gasteiger partial charge in [0, 0.05) is 6.42 Å². The van der Waals surface area contributed by atoms with E-state index in [2.05, 4.69) is 4.74 Å². The van der Waals surface area contributed by atoms with Crippen LogP contribution in [0.2, 0.25) is 0 Å². The lowest BCUT2D eigenvalue weighted by atomic mass is 10.1. The molecule has 90 valence electrons. The zero-order valence-electron chi connectivity index (χ0n) is 9.30. The Labute approximate surface area is 101 Å². The van der Waals surface area contributed by atoms with Crippen molar-refractivity contribution in [3.63, 3.8) is 0 Å². The lowest BCUT2D eigenvalue weighted by molar-refractivity contribution is -0.142. The van der Waals surface area contributed by atoms with Gasteiger partial charge in [-0.2, -0.15) is 0 Å². The first kappa shape index (κ1) is 14.7. The van der Waals surface area contributed by atoms with E-state index < -0.39 is 12.0 Å². The molecule has 1 aromatic carbocycles. The van der Waals surface area contributed by atoms with E-state index in [0.717, 1.165) is 11.3 Å². The molecule has 0 unspecified atom stereocenters. The maximum atomic E-state index is 11.1. The van der Waals surface area contributed by atoms with Gasteiger partial charge in [-0.25, -0.2) is 0 Å². The first-order valence-corrected chi connectivity index (χ1v) is 4.64. The maximum absolute atomic E-state index is 11.1. The highest BCUT2D eigenvalue weighted by molar-refractivity contribution is 5.85. The maximum Gasteiger partial charge on any atom is 0.322 e. The Hall–Kier alpha value is -1.26. The molecule has 1 atom stereocenters. The Morgan fingerprint density at radius 1 is 1.38 bits per heavy atom. The number of para-hydroxylation sites is 1. The van der Waals surface area contributed by atoms with Crippen LogP contribution >= 0.6 is 12.4 Å². The average Bonchev–Trinajstić information content (AvgIpc) is 2.28. The third kappa shape index (κ3) is 3.72. The smallest absolute Gasteiger partial charge is 0.322 e. The largest absolute Gasteiger partial charge is 0.496 e. The van der Waals surface area contributed by atoms with Gasteiger partial charge in [0.2, 0.25) is 0 Å². The van der Waals surface area contributed by atoms with Crippen LogP contribution in [0.4, 0.5) is 0 Å². The number of benzene rings is 1. The summed E-state index contributed by atoms with van der Waals surface area (Å²) in [6.45, 7) is 0. The zero-order chi connectivity index (χ0) is 11.3. The van der Waals surface area contributed by atoms with Crippen molar-refractivity contribution in [1.29, 1.82) is 0 Å². The van der Waals surface area contributed by atoms with Crippen molar-refractivity contribution < 1.29 is 14.3 Å². The molecule has 0 saturated heterocycles. The molecule has 2 N–H and O–H groups in total. The van der Waals surface area contributed by atoms with Crippen molar-refractivity contribution in [2.24, 2.45) is 5.73 Å². The number of hydrogen-bond donors (Lipinski definition) is 1. The first-order chi connectivity index (χ1) is 7.19. The molecule has 0 fully saturated rings. The predicted octanol–water partition coefficient (Wildman–Crippen LogP) is 1.16. The molecule has 1 aromatic rings. The van der Waals surface area contributed by atoms with Crippen LogP contribution in [0.5, 0.6) is 5.75 Å². The molecule has 0 amide bonds. The van der Waals surface area contributed by atoms with Gasteiger partial charge in [0.15, 0.2) is 0 Å². The topological polar surface area (TPSA) is 61.5 Å². The van der Waals surface area contributed by atoms with Crippen molar-refractivity contribution in [1.82, 2.24) is 0 Å². The second-order valence-electron chi connectivity index (χ2n) is 3.15. The quantitative estimate of drug-likeness (QED) is 0.809. The monoisotopic (exact) mass is 245 g/mol. The van der Waals surface area contributed by atoms with E-state index in [0.29, 0.717) is 6.42 Å². The first-order valence-electron chi connectivity index (χ1n) is 4.64. The summed E-state index contributed by atoms with van der Waals surface area (Å²) in [4.78, 5) is 11.1. The Balaban J connectivity index is 0.00000225. The molecule has 1 rings (SSSR count). The van der Waals surface area contributed by atoms with Gasteiger partial charge in [-0.1, -0.05) is 18.2 Å². The van der Waals surface area contributed by atoms with Crippen molar-refractivity contribution in [2.75, 3.05) is 14.2 Å². The van der Waals surface area contributed by atoms with Gasteiger partial charge in [0.25, 0.3) is 0 Å². The van der Waals surface area contributed by atoms with Crippen LogP contribution in [0.15, 0.2) is 24.3 Å². The van der Waals surface area contributed by atoms with Gasteiger partial charge in [-0.3, -0.25) is 4.79 Å². The summed E-state index contributed by atoms with van der Waals surface area (Å²) in [5.74, 6) is 0.317. The van der Waals surface area contributed by atoms with E-state index in [1.54, 1.807) is 7.11 Å². The Kier molecular flexibility index (Phi) is 6.53. The van der Waals surface area contributed by atoms with E-state index in [1.165, 1.54) is 7.11 Å². The van der Waals surface area contributed by atoms with E-state index in [4.69, 9.17) is 10.5 Å². The van der Waals surface area contributed by atoms with E-state index in [1.807, 2.05) is 24.3 Å². The minimum absolute atomic E-state index is 0. The number of carbonyl (C=O) groups excluding carboxylic acids is 1. The molecular formula is C11H16ClNO3. The summed E-state index contributed by atoms with van der Waals surface area (Å²) in [5, 5.41) is 0. The molecule has 0 saturated carbocycles. The normalized spacial score (nSPS) is 11.2. The molecule has 4 nitrogen and oxygen atoms in total. The zero-order valence-corrected chi connectivity index (χ0v) is 10.1. The molecule has 0 aliphatic heterocycles. The standard InChI is InChI=1S/C11H15NO3.ClH/c1-14-10-6-4-3-5-8(10)7-9(12)11(13)15-2;/h3-6,9H,7,12H2,1-2H3;1H/t9-;/m1./s1. The minimum atomic E-state index is -0.647. The van der Waals surface area contributed by atoms with Crippen LogP contribution in [-0.4, -0.2) is 26.2 Å². The Bertz CT molecular complexity index is 344. The number of rotatable bonds is 4. The van der Waals surface area contributed by atoms with E-state index >= 15 is 0 Å². The van der Waals surface area contributed by atoms with Gasteiger partial charge in [-0.05, 0) is 11.6 Å². The number of halogens is 1. The minimum Gasteiger partial charge on any atom is -0.496 e. The van der Waals surface area contributed by atoms with Crippen LogP contribution < -0.4 is 10.5 Å². The van der Waals surface area contributed by atoms with Gasteiger partial charge in [-0.15, -0.1) is 12.4 Å². The molecule has 0 aliphatic rings. The van der Waals surface area contributed by atoms with E-state index in [-0.39, 0.29) is 12.4 Å². The van der Waals surface area contributed by atoms with E-state index in [9.17, 15) is 4.79 Å². The molecule has 0 heterocycles. The van der Waals surface area contributed by atoms with Crippen LogP contribution in [0.1, 0.15) is 5.56 Å². The van der Waals surface area contributed by atoms with Gasteiger partial charge in [0.05, 0.1) is 14.2 Å². The molecule has 0 bridgehead atoms. The summed E-state index contributed by atoms with van der Waals surface area (Å²) in [6.07, 6.45) is 0.413. The van der Waals surface area contributed by atoms with Gasteiger partial charge >= 0.3 is 5.97 Å². The number of ether oxygens (including phenoxy) is 2. The second kappa shape index (κ2) is 7.09. The summed E-state index contributed by atoms with van der Waals surface area (Å²) >= 11 is 0. The van der Waals surface area contributed by atoms with Crippen molar-refractivity contribution in [2.45, 2.75) is 12.5 Å². The van der Waals surface area contributed by atoms with Gasteiger partial charge < -0.3 is 15.2 Å². The number of carbonyl (C=O) groups is 1. The van der Waals surface area contributed by atoms with Crippen molar-refractivity contribution in [3.05, 3.63) is 29.8 Å². The number of hydrogen-bond acceptors (Lipinski definition) is 4. The highest BCUT2D eigenvalue weighted by Gasteiger charge is 2.15. The predicted molar refractivity (Wildman–Crippen MR) is 63.9 cm³/mol. The number of esters is 1. The van der Waals surface area contributed by atoms with Crippen molar-refractivity contribution in [3.8, 4) is 5.75 Å². The summed E-state index contributed by atoms with van der Waals surface area (Å²) < 4.78 is 9.70. The molecule has 0 aliphatic carbocycles. The average molecular weight is 246 g/mol. The van der Waals surface area contributed by atoms with Crippen LogP contribution in [0.25, 0.3) is 0 Å². The molecule has 16 heavy (non-hydrogen) atoms. The Morgan fingerprint density at radius 3 is 2.56 bits per heavy atom. The van der Waals surface area contributed by atoms with Crippen LogP contribution in [-0.2, 0) is 16.0 Å². The third-order valence-corrected chi connectivity index (χ3v) is 2.14. The Morgan fingerprint density at radius 2 is 2.00 bits per heavy atom. The summed E-state index contributed by atoms with van der Waals surface area (Å²) in [7, 11) is 2.91. The highest BCUT2D eigenvalue weighted by atomic mass is 35.5. The molecule has 0 radical (unpaired) electrons. The SMILES string of the molecule is COC(=O)[C@H](N)Cc1ccccc1OC.Cl. The lowest BCUT2D eigenvalue weighted by Crippen LogP contribution is -2.33. The van der Waals surface area contributed by atoms with Crippen LogP contribution in [0, 0.1) is 0 Å². The summed E-state index contributed by atoms with van der Waals surface area (Å²) in [6, 6.07) is 6.81. The highest BCUT2D eigenvalue weighted by Crippen LogP contribution is 2.18. The van der Waals surface area contributed by atoms with Crippen molar-refractivity contribution >= 4 is 18.4 Å². The fourth-order valence-corrected chi connectivity index (χ4v) is 1.34. The number of methoxy groups -OCH3 is 2. The second-order valence-corrected chi connectivity index (χ2v) is 3.15. The number of nitrogens with two attached hydrogens (primary N) is 1. The fourth-order valence-electron chi connectivity index (χ4n) is 1.34. The summed E-state index contributed by atoms with van der Waals surface area (Å²) in [5.41, 5.74) is 6.55. The third-order valence-electron chi connectivity index (χ3n) is 2.14. The lowest BCUT2D eigenvalue weighted by Gasteiger charge is -2.11. The molecule has 5 heteroatoms. The fraction of sp³-hybridized carbons (Fsp3) is 0.364.